The molecule has 0 fully saturated rings. The Balaban J connectivity index is 2.31. The van der Waals surface area contributed by atoms with Crippen molar-refractivity contribution in [3.05, 3.63) is 53.4 Å². The Morgan fingerprint density at radius 2 is 2.00 bits per heavy atom. The van der Waals surface area contributed by atoms with E-state index in [-0.39, 0.29) is 12.2 Å². The molecule has 98 valence electrons. The maximum atomic E-state index is 11.9. The highest BCUT2D eigenvalue weighted by atomic mass is 32.2. The summed E-state index contributed by atoms with van der Waals surface area (Å²) in [6, 6.07) is 13.2. The largest absolute Gasteiger partial charge is 0.422 e. The van der Waals surface area contributed by atoms with Crippen LogP contribution in [0.1, 0.15) is 0 Å². The fourth-order valence-electron chi connectivity index (χ4n) is 1.74. The van der Waals surface area contributed by atoms with Crippen LogP contribution in [0.5, 0.6) is 5.75 Å². The molecule has 2 aromatic rings. The Hall–Kier alpha value is -1.78. The molecule has 0 saturated carbocycles. The third-order valence-electron chi connectivity index (χ3n) is 2.64. The number of carbonyl (C=O) groups excluding carboxylic acids is 1. The molecule has 0 amide bonds. The molecule has 0 spiro atoms. The van der Waals surface area contributed by atoms with Gasteiger partial charge >= 0.3 is 5.97 Å². The Labute approximate surface area is 115 Å². The van der Waals surface area contributed by atoms with Crippen LogP contribution in [-0.2, 0) is 4.79 Å². The SMILES string of the molecule is CS/C=C(\CO)C(=O)Oc1cccc2ccccc12. The van der Waals surface area contributed by atoms with Gasteiger partial charge in [0.15, 0.2) is 0 Å². The van der Waals surface area contributed by atoms with Gasteiger partial charge in [0.2, 0.25) is 0 Å². The van der Waals surface area contributed by atoms with Crippen molar-refractivity contribution in [1.29, 1.82) is 0 Å². The average molecular weight is 274 g/mol. The van der Waals surface area contributed by atoms with Gasteiger partial charge in [-0.1, -0.05) is 36.4 Å². The first-order valence-electron chi connectivity index (χ1n) is 5.79. The van der Waals surface area contributed by atoms with Crippen molar-refractivity contribution in [2.45, 2.75) is 0 Å². The summed E-state index contributed by atoms with van der Waals surface area (Å²) in [4.78, 5) is 11.9. The highest BCUT2D eigenvalue weighted by Gasteiger charge is 2.12. The molecule has 1 N–H and O–H groups in total. The van der Waals surface area contributed by atoms with Gasteiger partial charge in [-0.3, -0.25) is 0 Å². The van der Waals surface area contributed by atoms with Crippen molar-refractivity contribution in [1.82, 2.24) is 0 Å². The van der Waals surface area contributed by atoms with Gasteiger partial charge in [-0.2, -0.15) is 0 Å². The first-order valence-corrected chi connectivity index (χ1v) is 7.07. The maximum absolute atomic E-state index is 11.9. The van der Waals surface area contributed by atoms with Crippen LogP contribution in [0.15, 0.2) is 53.4 Å². The van der Waals surface area contributed by atoms with Crippen LogP contribution < -0.4 is 4.74 Å². The second-order valence-electron chi connectivity index (χ2n) is 3.90. The molecule has 0 heterocycles. The lowest BCUT2D eigenvalue weighted by atomic mass is 10.1. The van der Waals surface area contributed by atoms with Crippen molar-refractivity contribution >= 4 is 28.5 Å². The molecule has 0 unspecified atom stereocenters. The molecule has 0 atom stereocenters. The van der Waals surface area contributed by atoms with Crippen LogP contribution in [-0.4, -0.2) is 23.9 Å². The summed E-state index contributed by atoms with van der Waals surface area (Å²) in [6.45, 7) is -0.329. The topological polar surface area (TPSA) is 46.5 Å². The van der Waals surface area contributed by atoms with E-state index in [1.807, 2.05) is 42.7 Å². The summed E-state index contributed by atoms with van der Waals surface area (Å²) < 4.78 is 5.35. The van der Waals surface area contributed by atoms with E-state index in [0.29, 0.717) is 5.75 Å². The Bertz CT molecular complexity index is 614. The Morgan fingerprint density at radius 1 is 1.26 bits per heavy atom. The minimum Gasteiger partial charge on any atom is -0.422 e. The molecule has 0 radical (unpaired) electrons. The summed E-state index contributed by atoms with van der Waals surface area (Å²) in [6.07, 6.45) is 1.82. The molecular formula is C15H14O3S. The van der Waals surface area contributed by atoms with Crippen molar-refractivity contribution in [2.24, 2.45) is 0 Å². The van der Waals surface area contributed by atoms with Gasteiger partial charge in [0.05, 0.1) is 12.2 Å². The highest BCUT2D eigenvalue weighted by Crippen LogP contribution is 2.25. The lowest BCUT2D eigenvalue weighted by Crippen LogP contribution is -2.13. The van der Waals surface area contributed by atoms with E-state index < -0.39 is 5.97 Å². The number of fused-ring (bicyclic) bond motifs is 1. The second-order valence-corrected chi connectivity index (χ2v) is 4.61. The van der Waals surface area contributed by atoms with Crippen molar-refractivity contribution in [2.75, 3.05) is 12.9 Å². The van der Waals surface area contributed by atoms with Gasteiger partial charge < -0.3 is 9.84 Å². The highest BCUT2D eigenvalue weighted by molar-refractivity contribution is 8.01. The molecule has 0 aliphatic carbocycles. The Kier molecular flexibility index (Phi) is 4.60. The molecule has 2 rings (SSSR count). The van der Waals surface area contributed by atoms with Crippen molar-refractivity contribution in [3.63, 3.8) is 0 Å². The lowest BCUT2D eigenvalue weighted by Gasteiger charge is -2.08. The molecule has 0 saturated heterocycles. The monoisotopic (exact) mass is 274 g/mol. The number of aliphatic hydroxyl groups excluding tert-OH is 1. The zero-order valence-electron chi connectivity index (χ0n) is 10.5. The molecular weight excluding hydrogens is 260 g/mol. The van der Waals surface area contributed by atoms with Crippen LogP contribution >= 0.6 is 11.8 Å². The molecule has 3 nitrogen and oxygen atoms in total. The van der Waals surface area contributed by atoms with Gasteiger partial charge in [0.1, 0.15) is 5.75 Å². The zero-order chi connectivity index (χ0) is 13.7. The first kappa shape index (κ1) is 13.6. The number of carbonyl (C=O) groups is 1. The summed E-state index contributed by atoms with van der Waals surface area (Å²) in [5.74, 6) is -0.0169. The zero-order valence-corrected chi connectivity index (χ0v) is 11.3. The van der Waals surface area contributed by atoms with Crippen molar-refractivity contribution < 1.29 is 14.6 Å². The van der Waals surface area contributed by atoms with E-state index in [1.54, 1.807) is 11.5 Å². The summed E-state index contributed by atoms with van der Waals surface area (Å²) in [7, 11) is 0. The predicted molar refractivity (Wildman–Crippen MR) is 78.3 cm³/mol. The third kappa shape index (κ3) is 3.16. The predicted octanol–water partition coefficient (Wildman–Crippen LogP) is 2.98. The van der Waals surface area contributed by atoms with Gasteiger partial charge in [-0.15, -0.1) is 11.8 Å². The number of thioether (sulfide) groups is 1. The molecule has 19 heavy (non-hydrogen) atoms. The summed E-state index contributed by atoms with van der Waals surface area (Å²) in [5, 5.41) is 12.6. The number of hydrogen-bond donors (Lipinski definition) is 1. The van der Waals surface area contributed by atoms with E-state index in [9.17, 15) is 4.79 Å². The molecule has 0 aliphatic heterocycles. The second kappa shape index (κ2) is 6.41. The lowest BCUT2D eigenvalue weighted by molar-refractivity contribution is -0.130. The number of esters is 1. The normalized spacial score (nSPS) is 11.6. The fraction of sp³-hybridized carbons (Fsp3) is 0.133. The fourth-order valence-corrected chi connectivity index (χ4v) is 2.20. The Morgan fingerprint density at radius 3 is 2.74 bits per heavy atom. The quantitative estimate of drug-likeness (QED) is 0.529. The van der Waals surface area contributed by atoms with E-state index in [2.05, 4.69) is 0 Å². The minimum absolute atomic E-state index is 0.250. The van der Waals surface area contributed by atoms with E-state index in [0.717, 1.165) is 10.8 Å². The van der Waals surface area contributed by atoms with Crippen LogP contribution in [0.3, 0.4) is 0 Å². The summed E-state index contributed by atoms with van der Waals surface area (Å²) >= 11 is 1.35. The van der Waals surface area contributed by atoms with Crippen LogP contribution in [0, 0.1) is 0 Å². The average Bonchev–Trinajstić information content (AvgIpc) is 2.45. The molecule has 0 aliphatic rings. The van der Waals surface area contributed by atoms with E-state index >= 15 is 0 Å². The van der Waals surface area contributed by atoms with Crippen molar-refractivity contribution in [3.8, 4) is 5.75 Å². The number of rotatable bonds is 4. The number of aliphatic hydroxyl groups is 1. The van der Waals surface area contributed by atoms with Crippen LogP contribution in [0.2, 0.25) is 0 Å². The van der Waals surface area contributed by atoms with Gasteiger partial charge in [-0.05, 0) is 23.1 Å². The molecule has 4 heteroatoms. The van der Waals surface area contributed by atoms with Gasteiger partial charge in [0.25, 0.3) is 0 Å². The molecule has 0 aromatic heterocycles. The first-order chi connectivity index (χ1) is 9.26. The van der Waals surface area contributed by atoms with E-state index in [1.165, 1.54) is 11.8 Å². The molecule has 0 bridgehead atoms. The standard InChI is InChI=1S/C15H14O3S/c1-19-10-12(9-16)15(17)18-14-8-4-6-11-5-2-3-7-13(11)14/h2-8,10,16H,9H2,1H3/b12-10+. The van der Waals surface area contributed by atoms with Gasteiger partial charge in [0, 0.05) is 5.39 Å². The van der Waals surface area contributed by atoms with Crippen LogP contribution in [0.4, 0.5) is 0 Å². The minimum atomic E-state index is -0.520. The number of hydrogen-bond acceptors (Lipinski definition) is 4. The number of benzene rings is 2. The molecule has 2 aromatic carbocycles. The summed E-state index contributed by atoms with van der Waals surface area (Å²) in [5.41, 5.74) is 0.250. The van der Waals surface area contributed by atoms with E-state index in [4.69, 9.17) is 9.84 Å². The third-order valence-corrected chi connectivity index (χ3v) is 3.17. The van der Waals surface area contributed by atoms with Crippen LogP contribution in [0.25, 0.3) is 10.8 Å². The maximum Gasteiger partial charge on any atom is 0.342 e. The van der Waals surface area contributed by atoms with Gasteiger partial charge in [-0.25, -0.2) is 4.79 Å². The smallest absolute Gasteiger partial charge is 0.342 e. The number of ether oxygens (including phenoxy) is 1.